The van der Waals surface area contributed by atoms with Crippen LogP contribution in [0.25, 0.3) is 228 Å². The van der Waals surface area contributed by atoms with E-state index in [4.69, 9.17) is 64.6 Å². The molecule has 0 radical (unpaired) electrons. The molecular weight excluding hydrogens is 1770 g/mol. The van der Waals surface area contributed by atoms with Crippen molar-refractivity contribution >= 4 is 27.8 Å². The summed E-state index contributed by atoms with van der Waals surface area (Å²) in [6.07, 6.45) is 0. The summed E-state index contributed by atoms with van der Waals surface area (Å²) in [5.74, 6) is 5.69. The first-order valence-corrected chi connectivity index (χ1v) is 48.6. The van der Waals surface area contributed by atoms with Gasteiger partial charge in [0.05, 0.1) is 19.7 Å². The van der Waals surface area contributed by atoms with Gasteiger partial charge in [-0.3, -0.25) is 0 Å². The van der Waals surface area contributed by atoms with E-state index in [-0.39, 0.29) is 16.2 Å². The van der Waals surface area contributed by atoms with Crippen molar-refractivity contribution < 1.29 is 0 Å². The highest BCUT2D eigenvalue weighted by molar-refractivity contribution is 5.96. The average molecular weight is 1860 g/mol. The van der Waals surface area contributed by atoms with Gasteiger partial charge in [-0.2, -0.15) is 0 Å². The van der Waals surface area contributed by atoms with Crippen molar-refractivity contribution in [3.05, 3.63) is 517 Å². The zero-order valence-electron chi connectivity index (χ0n) is 80.6. The lowest BCUT2D eigenvalue weighted by Gasteiger charge is -2.22. The largest absolute Gasteiger partial charge is 0.238 e. The molecule has 3 aromatic heterocycles. The second-order valence-electron chi connectivity index (χ2n) is 38.4. The number of benzene rings is 19. The highest BCUT2D eigenvalue weighted by atomic mass is 15.1. The minimum atomic E-state index is -0.197. The molecule has 25 rings (SSSR count). The van der Waals surface area contributed by atoms with Crippen LogP contribution in [-0.2, 0) is 16.2 Å². The van der Waals surface area contributed by atoms with Crippen molar-refractivity contribution in [2.24, 2.45) is 0 Å². The summed E-state index contributed by atoms with van der Waals surface area (Å²) in [5, 5.41) is 2.33. The third-order valence-corrected chi connectivity index (χ3v) is 28.5. The monoisotopic (exact) mass is 1860 g/mol. The molecule has 0 spiro atoms. The first kappa shape index (κ1) is 89.8. The smallest absolute Gasteiger partial charge is 0.195 e. The Bertz CT molecular complexity index is 8820. The van der Waals surface area contributed by atoms with Crippen LogP contribution in [0.2, 0.25) is 0 Å². The van der Waals surface area contributed by atoms with Crippen molar-refractivity contribution in [2.45, 2.75) is 57.8 Å². The van der Waals surface area contributed by atoms with Crippen LogP contribution >= 0.6 is 0 Å². The minimum absolute atomic E-state index is 0.181. The van der Waals surface area contributed by atoms with E-state index in [0.717, 1.165) is 144 Å². The summed E-state index contributed by atoms with van der Waals surface area (Å²) < 4.78 is 0. The van der Waals surface area contributed by atoms with E-state index < -0.39 is 0 Å². The van der Waals surface area contributed by atoms with Crippen molar-refractivity contribution in [2.75, 3.05) is 0 Å². The van der Waals surface area contributed by atoms with Gasteiger partial charge < -0.3 is 0 Å². The van der Waals surface area contributed by atoms with E-state index in [1.54, 1.807) is 0 Å². The summed E-state index contributed by atoms with van der Waals surface area (Å²) in [5.41, 5.74) is 37.6. The molecule has 3 heterocycles. The molecule has 684 valence electrons. The SMILES string of the molecule is [C-]#[N+]c1cccc2c1-c1ccc(-c3ccc(-c4nc(-c5ccc(-c6ccccc6)cc5)nc(-c5ccc(-c6ccccc6)cc5)n4)cc3)cc1C2(C)C.[C-]#[N+]c1cccc2c1-c1ccc(-c3ccc(-c4nc(-c5ccccc5)nc(-c5ccc6ccccc6c5)n4)cc3)cc1C2(C)C.[C-]#[N+]c1cccc2c1-c1ccc(-c3ccc(-c4nc(-c5ccccc5)nc(-c5cccc(-c6ccccc6)c5)n4)cc3)cc1C2(C)C. The van der Waals surface area contributed by atoms with E-state index >= 15 is 0 Å². The van der Waals surface area contributed by atoms with Gasteiger partial charge in [0, 0.05) is 66.3 Å². The number of nitrogens with zero attached hydrogens (tertiary/aromatic N) is 12. The maximum absolute atomic E-state index is 7.77. The molecule has 0 unspecified atom stereocenters. The second-order valence-corrected chi connectivity index (χ2v) is 38.4. The maximum Gasteiger partial charge on any atom is 0.195 e. The topological polar surface area (TPSA) is 129 Å². The van der Waals surface area contributed by atoms with Crippen LogP contribution in [0.15, 0.2) is 449 Å². The van der Waals surface area contributed by atoms with Crippen LogP contribution < -0.4 is 0 Å². The second kappa shape index (κ2) is 37.6. The molecule has 0 saturated carbocycles. The molecule has 3 aliphatic carbocycles. The Morgan fingerprint density at radius 3 is 0.641 bits per heavy atom. The first-order chi connectivity index (χ1) is 70.9. The third kappa shape index (κ3) is 17.1. The molecule has 0 bridgehead atoms. The zero-order valence-corrected chi connectivity index (χ0v) is 80.6. The lowest BCUT2D eigenvalue weighted by molar-refractivity contribution is 0.660. The molecule has 145 heavy (non-hydrogen) atoms. The number of aromatic nitrogens is 9. The van der Waals surface area contributed by atoms with E-state index in [9.17, 15) is 0 Å². The van der Waals surface area contributed by atoms with Gasteiger partial charge in [0.25, 0.3) is 0 Å². The normalized spacial score (nSPS) is 12.6. The lowest BCUT2D eigenvalue weighted by atomic mass is 9.81. The van der Waals surface area contributed by atoms with Crippen molar-refractivity contribution in [1.82, 2.24) is 44.9 Å². The van der Waals surface area contributed by atoms with Gasteiger partial charge >= 0.3 is 0 Å². The Balaban J connectivity index is 0.000000121. The Labute approximate surface area is 843 Å². The van der Waals surface area contributed by atoms with Crippen LogP contribution in [0.4, 0.5) is 17.1 Å². The van der Waals surface area contributed by atoms with Gasteiger partial charge in [-0.05, 0) is 175 Å². The van der Waals surface area contributed by atoms with Gasteiger partial charge in [0.15, 0.2) is 69.5 Å². The van der Waals surface area contributed by atoms with Gasteiger partial charge in [0.2, 0.25) is 0 Å². The fourth-order valence-corrected chi connectivity index (χ4v) is 20.7. The molecule has 22 aromatic rings. The molecule has 0 N–H and O–H groups in total. The minimum Gasteiger partial charge on any atom is -0.238 e. The fraction of sp³-hybridized carbons (Fsp3) is 0.0677. The van der Waals surface area contributed by atoms with Crippen LogP contribution in [0, 0.1) is 19.7 Å². The van der Waals surface area contributed by atoms with Crippen LogP contribution in [0.3, 0.4) is 0 Å². The molecule has 12 nitrogen and oxygen atoms in total. The van der Waals surface area contributed by atoms with Crippen LogP contribution in [0.5, 0.6) is 0 Å². The lowest BCUT2D eigenvalue weighted by Crippen LogP contribution is -2.14. The molecule has 0 saturated heterocycles. The van der Waals surface area contributed by atoms with Crippen LogP contribution in [-0.4, -0.2) is 44.9 Å². The summed E-state index contributed by atoms with van der Waals surface area (Å²) in [7, 11) is 0. The predicted molar refractivity (Wildman–Crippen MR) is 590 cm³/mol. The Hall–Kier alpha value is -19.1. The predicted octanol–water partition coefficient (Wildman–Crippen LogP) is 34.3. The molecular formula is C133H92N12. The highest BCUT2D eigenvalue weighted by Crippen LogP contribution is 2.57. The highest BCUT2D eigenvalue weighted by Gasteiger charge is 2.40. The number of fused-ring (bicyclic) bond motifs is 10. The maximum atomic E-state index is 7.77. The van der Waals surface area contributed by atoms with E-state index in [0.29, 0.717) is 69.5 Å². The molecule has 0 amide bonds. The van der Waals surface area contributed by atoms with E-state index in [1.807, 2.05) is 140 Å². The molecule has 12 heteroatoms. The number of rotatable bonds is 15. The molecule has 19 aromatic carbocycles. The Kier molecular flexibility index (Phi) is 23.3. The summed E-state index contributed by atoms with van der Waals surface area (Å²) >= 11 is 0. The van der Waals surface area contributed by atoms with Crippen molar-refractivity contribution in [1.29, 1.82) is 0 Å². The summed E-state index contributed by atoms with van der Waals surface area (Å²) in [6, 6.07) is 155. The Morgan fingerprint density at radius 2 is 0.345 bits per heavy atom. The summed E-state index contributed by atoms with van der Waals surface area (Å²) in [4.78, 5) is 56.2. The number of hydrogen-bond donors (Lipinski definition) is 0. The van der Waals surface area contributed by atoms with Gasteiger partial charge in [-0.15, -0.1) is 0 Å². The van der Waals surface area contributed by atoms with E-state index in [1.165, 1.54) is 49.9 Å². The van der Waals surface area contributed by atoms with E-state index in [2.05, 4.69) is 365 Å². The molecule has 0 fully saturated rings. The van der Waals surface area contributed by atoms with Gasteiger partial charge in [-0.25, -0.2) is 59.4 Å². The van der Waals surface area contributed by atoms with Gasteiger partial charge in [0.1, 0.15) is 0 Å². The quantitative estimate of drug-likeness (QED) is 0.0921. The summed E-state index contributed by atoms with van der Waals surface area (Å²) in [6.45, 7) is 36.7. The van der Waals surface area contributed by atoms with Gasteiger partial charge in [-0.1, -0.05) is 460 Å². The standard InChI is InChI=1S/C49H34N4.C43H30N4.C41H28N4/c1-49(2)42-15-10-16-44(50-3)45(42)41-30-29-40(31-43(41)49)36-21-27-39(28-22-36)48-52-46(37-23-17-34(18-24-37)32-11-6-4-7-12-32)51-47(53-48)38-25-19-35(20-26-38)33-13-8-5-9-14-33;1-43(2)36-18-11-19-38(44-3)39(36)35-25-24-33(27-37(35)43)29-20-22-31(23-21-29)41-45-40(30-14-8-5-9-15-30)46-42(47-41)34-17-10-16-32(26-34)28-12-6-4-7-13-28;1-41(2)34-14-9-15-36(42-3)37(34)33-23-22-31(25-35(33)41)27-16-19-29(20-17-27)39-43-38(28-11-5-4-6-12-28)44-40(45-39)32-21-18-26-10-7-8-13-30(26)24-32/h4-31H,1-2H3;4-27H,1-2H3;4-25H,1-2H3. The first-order valence-electron chi connectivity index (χ1n) is 48.6. The molecule has 3 aliphatic rings. The number of hydrogen-bond acceptors (Lipinski definition) is 9. The Morgan fingerprint density at radius 1 is 0.152 bits per heavy atom. The average Bonchev–Trinajstić information content (AvgIpc) is 1.58. The van der Waals surface area contributed by atoms with Crippen molar-refractivity contribution in [3.8, 4) is 203 Å². The fourth-order valence-electron chi connectivity index (χ4n) is 20.7. The van der Waals surface area contributed by atoms with Crippen LogP contribution in [0.1, 0.15) is 74.9 Å². The zero-order chi connectivity index (χ0) is 98.4. The molecule has 0 atom stereocenters. The van der Waals surface area contributed by atoms with Crippen molar-refractivity contribution in [3.63, 3.8) is 0 Å². The third-order valence-electron chi connectivity index (χ3n) is 28.5. The molecule has 0 aliphatic heterocycles.